The fourth-order valence-corrected chi connectivity index (χ4v) is 1.74. The summed E-state index contributed by atoms with van der Waals surface area (Å²) in [5.41, 5.74) is 5.56. The van der Waals surface area contributed by atoms with Crippen LogP contribution in [-0.2, 0) is 0 Å². The summed E-state index contributed by atoms with van der Waals surface area (Å²) in [6.07, 6.45) is 0. The Kier molecular flexibility index (Phi) is 3.52. The lowest BCUT2D eigenvalue weighted by Gasteiger charge is -2.04. The fourth-order valence-electron chi connectivity index (χ4n) is 1.74. The summed E-state index contributed by atoms with van der Waals surface area (Å²) < 4.78 is 0. The van der Waals surface area contributed by atoms with Crippen molar-refractivity contribution in [2.24, 2.45) is 5.73 Å². The number of hydrogen-bond acceptors (Lipinski definition) is 3. The Labute approximate surface area is 109 Å². The van der Waals surface area contributed by atoms with Gasteiger partial charge in [-0.1, -0.05) is 48.5 Å². The molecule has 4 nitrogen and oxygen atoms in total. The van der Waals surface area contributed by atoms with Gasteiger partial charge in [0.25, 0.3) is 0 Å². The molecule has 0 aliphatic carbocycles. The minimum absolute atomic E-state index is 0.0313. The molecule has 0 radical (unpaired) electrons. The second kappa shape index (κ2) is 5.27. The van der Waals surface area contributed by atoms with Gasteiger partial charge in [0.1, 0.15) is 0 Å². The summed E-state index contributed by atoms with van der Waals surface area (Å²) >= 11 is 0. The highest BCUT2D eigenvalue weighted by Crippen LogP contribution is 2.12. The number of rotatable bonds is 4. The minimum atomic E-state index is -0.736. The van der Waals surface area contributed by atoms with Crippen molar-refractivity contribution in [3.05, 3.63) is 71.3 Å². The Bertz CT molecular complexity index is 647. The summed E-state index contributed by atoms with van der Waals surface area (Å²) in [6, 6.07) is 14.2. The van der Waals surface area contributed by atoms with E-state index in [4.69, 9.17) is 5.73 Å². The fraction of sp³-hybridized carbons (Fsp3) is 0. The molecule has 0 saturated carbocycles. The molecule has 1 amide bonds. The molecule has 2 rings (SSSR count). The Hall–Kier alpha value is -2.75. The second-order valence-corrected chi connectivity index (χ2v) is 3.93. The van der Waals surface area contributed by atoms with Crippen LogP contribution in [0.2, 0.25) is 0 Å². The van der Waals surface area contributed by atoms with E-state index < -0.39 is 17.5 Å². The van der Waals surface area contributed by atoms with Gasteiger partial charge < -0.3 is 5.73 Å². The number of nitrogens with two attached hydrogens (primary N) is 1. The molecule has 2 aromatic carbocycles. The maximum Gasteiger partial charge on any atom is 0.249 e. The molecular weight excluding hydrogens is 242 g/mol. The molecule has 0 fully saturated rings. The first-order chi connectivity index (χ1) is 9.11. The second-order valence-electron chi connectivity index (χ2n) is 3.93. The lowest BCUT2D eigenvalue weighted by Crippen LogP contribution is -2.21. The topological polar surface area (TPSA) is 77.2 Å². The normalized spacial score (nSPS) is 9.89. The molecule has 0 atom stereocenters. The Morgan fingerprint density at radius 1 is 0.684 bits per heavy atom. The van der Waals surface area contributed by atoms with Crippen LogP contribution in [0.5, 0.6) is 0 Å². The quantitative estimate of drug-likeness (QED) is 0.667. The SMILES string of the molecule is NC(=O)c1ccccc1C(=O)C(=O)c1ccccc1. The Balaban J connectivity index is 2.41. The van der Waals surface area contributed by atoms with E-state index in [0.717, 1.165) is 0 Å². The first kappa shape index (κ1) is 12.7. The summed E-state index contributed by atoms with van der Waals surface area (Å²) in [5.74, 6) is -2.13. The molecule has 94 valence electrons. The van der Waals surface area contributed by atoms with E-state index in [-0.39, 0.29) is 16.7 Å². The van der Waals surface area contributed by atoms with Crippen molar-refractivity contribution in [2.45, 2.75) is 0 Å². The van der Waals surface area contributed by atoms with Gasteiger partial charge >= 0.3 is 0 Å². The molecular formula is C15H11NO3. The van der Waals surface area contributed by atoms with Crippen molar-refractivity contribution in [2.75, 3.05) is 0 Å². The molecule has 2 aromatic rings. The smallest absolute Gasteiger partial charge is 0.249 e. The van der Waals surface area contributed by atoms with E-state index in [1.807, 2.05) is 0 Å². The lowest BCUT2D eigenvalue weighted by atomic mass is 9.97. The van der Waals surface area contributed by atoms with Crippen molar-refractivity contribution in [3.8, 4) is 0 Å². The standard InChI is InChI=1S/C15H11NO3/c16-15(19)12-9-5-4-8-11(12)14(18)13(17)10-6-2-1-3-7-10/h1-9H,(H2,16,19). The third-order valence-electron chi connectivity index (χ3n) is 2.68. The third-order valence-corrected chi connectivity index (χ3v) is 2.68. The summed E-state index contributed by atoms with van der Waals surface area (Å²) in [4.78, 5) is 35.4. The first-order valence-electron chi connectivity index (χ1n) is 5.64. The van der Waals surface area contributed by atoms with Gasteiger partial charge in [-0.3, -0.25) is 14.4 Å². The van der Waals surface area contributed by atoms with Crippen LogP contribution >= 0.6 is 0 Å². The van der Waals surface area contributed by atoms with E-state index in [0.29, 0.717) is 0 Å². The molecule has 0 spiro atoms. The molecule has 0 aliphatic rings. The van der Waals surface area contributed by atoms with Gasteiger partial charge in [-0.2, -0.15) is 0 Å². The van der Waals surface area contributed by atoms with Crippen LogP contribution in [0, 0.1) is 0 Å². The van der Waals surface area contributed by atoms with Crippen molar-refractivity contribution in [3.63, 3.8) is 0 Å². The van der Waals surface area contributed by atoms with Crippen LogP contribution in [0.3, 0.4) is 0 Å². The van der Waals surface area contributed by atoms with E-state index in [1.54, 1.807) is 42.5 Å². The average molecular weight is 253 g/mol. The molecule has 4 heteroatoms. The number of amides is 1. The first-order valence-corrected chi connectivity index (χ1v) is 5.64. The van der Waals surface area contributed by atoms with E-state index >= 15 is 0 Å². The third kappa shape index (κ3) is 2.57. The number of ketones is 2. The molecule has 0 bridgehead atoms. The van der Waals surface area contributed by atoms with Crippen molar-refractivity contribution in [1.82, 2.24) is 0 Å². The Morgan fingerprint density at radius 3 is 1.79 bits per heavy atom. The molecule has 19 heavy (non-hydrogen) atoms. The number of carbonyl (C=O) groups excluding carboxylic acids is 3. The highest BCUT2D eigenvalue weighted by Gasteiger charge is 2.22. The molecule has 2 N–H and O–H groups in total. The monoisotopic (exact) mass is 253 g/mol. The number of hydrogen-bond donors (Lipinski definition) is 1. The largest absolute Gasteiger partial charge is 0.366 e. The van der Waals surface area contributed by atoms with Crippen molar-refractivity contribution in [1.29, 1.82) is 0 Å². The maximum atomic E-state index is 12.1. The summed E-state index contributed by atoms with van der Waals surface area (Å²) in [5, 5.41) is 0. The average Bonchev–Trinajstić information content (AvgIpc) is 2.46. The molecule has 0 saturated heterocycles. The molecule has 0 unspecified atom stereocenters. The zero-order valence-corrected chi connectivity index (χ0v) is 10.00. The van der Waals surface area contributed by atoms with E-state index in [2.05, 4.69) is 0 Å². The highest BCUT2D eigenvalue weighted by molar-refractivity contribution is 6.50. The lowest BCUT2D eigenvalue weighted by molar-refractivity contribution is 0.0815. The zero-order valence-electron chi connectivity index (χ0n) is 10.00. The highest BCUT2D eigenvalue weighted by atomic mass is 16.2. The zero-order chi connectivity index (χ0) is 13.8. The van der Waals surface area contributed by atoms with Crippen LogP contribution in [0.4, 0.5) is 0 Å². The number of Topliss-reactive ketones (excluding diaryl/α,β-unsaturated/α-hetero) is 2. The van der Waals surface area contributed by atoms with Crippen LogP contribution in [0.1, 0.15) is 31.1 Å². The predicted molar refractivity (Wildman–Crippen MR) is 70.1 cm³/mol. The number of carbonyl (C=O) groups is 3. The summed E-state index contributed by atoms with van der Waals surface area (Å²) in [6.45, 7) is 0. The molecule has 0 aliphatic heterocycles. The van der Waals surface area contributed by atoms with Crippen LogP contribution < -0.4 is 5.73 Å². The number of primary amides is 1. The van der Waals surface area contributed by atoms with Gasteiger partial charge in [0, 0.05) is 11.1 Å². The van der Waals surface area contributed by atoms with Crippen molar-refractivity contribution >= 4 is 17.5 Å². The number of benzene rings is 2. The van der Waals surface area contributed by atoms with Gasteiger partial charge in [-0.05, 0) is 6.07 Å². The van der Waals surface area contributed by atoms with E-state index in [1.165, 1.54) is 12.1 Å². The van der Waals surface area contributed by atoms with E-state index in [9.17, 15) is 14.4 Å². The van der Waals surface area contributed by atoms with Crippen molar-refractivity contribution < 1.29 is 14.4 Å². The van der Waals surface area contributed by atoms with Crippen LogP contribution in [0.15, 0.2) is 54.6 Å². The van der Waals surface area contributed by atoms with Crippen LogP contribution in [0.25, 0.3) is 0 Å². The Morgan fingerprint density at radius 2 is 1.21 bits per heavy atom. The molecule has 0 heterocycles. The van der Waals surface area contributed by atoms with Gasteiger partial charge in [0.05, 0.1) is 5.56 Å². The maximum absolute atomic E-state index is 12.1. The van der Waals surface area contributed by atoms with Gasteiger partial charge in [0.15, 0.2) is 0 Å². The minimum Gasteiger partial charge on any atom is -0.366 e. The predicted octanol–water partition coefficient (Wildman–Crippen LogP) is 1.85. The molecule has 0 aromatic heterocycles. The van der Waals surface area contributed by atoms with Crippen LogP contribution in [-0.4, -0.2) is 17.5 Å². The van der Waals surface area contributed by atoms with Gasteiger partial charge in [0.2, 0.25) is 17.5 Å². The van der Waals surface area contributed by atoms with Gasteiger partial charge in [-0.15, -0.1) is 0 Å². The van der Waals surface area contributed by atoms with Gasteiger partial charge in [-0.25, -0.2) is 0 Å². The summed E-state index contributed by atoms with van der Waals surface area (Å²) in [7, 11) is 0.